The van der Waals surface area contributed by atoms with Crippen molar-refractivity contribution in [3.63, 3.8) is 0 Å². The van der Waals surface area contributed by atoms with E-state index in [0.717, 1.165) is 4.57 Å². The third-order valence-corrected chi connectivity index (χ3v) is 7.79. The first-order chi connectivity index (χ1) is 13.6. The average molecular weight is 493 g/mol. The van der Waals surface area contributed by atoms with Gasteiger partial charge in [-0.1, -0.05) is 0 Å². The predicted octanol–water partition coefficient (Wildman–Crippen LogP) is -2.41. The predicted molar refractivity (Wildman–Crippen MR) is 88.5 cm³/mol. The molecule has 0 saturated carbocycles. The molecule has 0 aromatic carbocycles. The van der Waals surface area contributed by atoms with Crippen LogP contribution in [0.4, 0.5) is 0 Å². The summed E-state index contributed by atoms with van der Waals surface area (Å²) < 4.78 is 55.3. The molecular weight excluding hydrogens is 477 g/mol. The topological polar surface area (TPSA) is 242 Å². The van der Waals surface area contributed by atoms with Crippen LogP contribution in [0.25, 0.3) is 0 Å². The molecule has 1 aliphatic rings. The van der Waals surface area contributed by atoms with E-state index in [1.807, 2.05) is 4.98 Å². The van der Waals surface area contributed by atoms with Crippen molar-refractivity contribution in [2.75, 3.05) is 13.7 Å². The van der Waals surface area contributed by atoms with Gasteiger partial charge in [-0.25, -0.2) is 13.4 Å². The number of ether oxygens (including phenoxy) is 1. The molecule has 1 saturated heterocycles. The minimum absolute atomic E-state index is 0.169. The first-order valence-corrected chi connectivity index (χ1v) is 12.2. The number of nitrogens with one attached hydrogen (secondary N) is 1. The lowest BCUT2D eigenvalue weighted by molar-refractivity contribution is -0.251. The summed E-state index contributed by atoms with van der Waals surface area (Å²) in [5.41, 5.74) is -1.30. The van der Waals surface area contributed by atoms with Crippen LogP contribution >= 0.6 is 23.5 Å². The summed E-state index contributed by atoms with van der Waals surface area (Å²) in [6.45, 7) is 0.467. The van der Waals surface area contributed by atoms with Crippen LogP contribution < -0.4 is 25.9 Å². The van der Waals surface area contributed by atoms with Gasteiger partial charge in [-0.15, -0.1) is 0 Å². The number of aliphatic hydroxyl groups excluding tert-OH is 1. The molecule has 30 heavy (non-hydrogen) atoms. The largest absolute Gasteiger partial charge is 0.756 e. The Morgan fingerprint density at radius 3 is 2.40 bits per heavy atom. The van der Waals surface area contributed by atoms with E-state index in [9.17, 15) is 43.1 Å². The molecule has 2 N–H and O–H groups in total. The van der Waals surface area contributed by atoms with Gasteiger partial charge in [0.25, 0.3) is 29.0 Å². The van der Waals surface area contributed by atoms with E-state index >= 15 is 0 Å². The lowest BCUT2D eigenvalue weighted by Gasteiger charge is -2.34. The number of rotatable bonds is 9. The lowest BCUT2D eigenvalue weighted by atomic mass is 10.2. The molecule has 0 spiro atoms. The molecule has 1 aromatic rings. The summed E-state index contributed by atoms with van der Waals surface area (Å²) in [6.07, 6.45) is -2.81. The molecule has 1 aliphatic heterocycles. The molecule has 16 nitrogen and oxygen atoms in total. The van der Waals surface area contributed by atoms with Gasteiger partial charge >= 0.3 is 5.69 Å². The lowest BCUT2D eigenvalue weighted by Crippen LogP contribution is -2.33. The van der Waals surface area contributed by atoms with Crippen LogP contribution in [0.15, 0.2) is 15.8 Å². The van der Waals surface area contributed by atoms with E-state index in [-0.39, 0.29) is 12.0 Å². The van der Waals surface area contributed by atoms with Gasteiger partial charge in [0.2, 0.25) is 0 Å². The SMILES string of the molecule is COP(=O)([O-])OP(=O)([O-])OP(=O)([O-])OCC1OC(n2cc(C)c(=O)[nH]c2=O)CC1O. The molecule has 2 rings (SSSR count). The van der Waals surface area contributed by atoms with Crippen molar-refractivity contribution in [3.05, 3.63) is 32.6 Å². The Morgan fingerprint density at radius 2 is 1.80 bits per heavy atom. The van der Waals surface area contributed by atoms with E-state index in [1.54, 1.807) is 0 Å². The number of aromatic amines is 1. The zero-order chi connectivity index (χ0) is 22.9. The zero-order valence-electron chi connectivity index (χ0n) is 15.3. The third kappa shape index (κ3) is 6.76. The van der Waals surface area contributed by atoms with Crippen molar-refractivity contribution in [2.45, 2.75) is 31.8 Å². The van der Waals surface area contributed by atoms with Crippen molar-refractivity contribution >= 4 is 23.5 Å². The van der Waals surface area contributed by atoms with Crippen molar-refractivity contribution in [2.24, 2.45) is 0 Å². The second-order valence-electron chi connectivity index (χ2n) is 5.89. The second-order valence-corrected chi connectivity index (χ2v) is 10.5. The first-order valence-electron chi connectivity index (χ1n) is 7.86. The molecule has 6 atom stereocenters. The van der Waals surface area contributed by atoms with E-state index in [2.05, 4.69) is 17.7 Å². The summed E-state index contributed by atoms with van der Waals surface area (Å²) >= 11 is 0. The van der Waals surface area contributed by atoms with Crippen LogP contribution in [0.3, 0.4) is 0 Å². The molecule has 1 fully saturated rings. The zero-order valence-corrected chi connectivity index (χ0v) is 18.0. The minimum Gasteiger partial charge on any atom is -0.756 e. The van der Waals surface area contributed by atoms with Gasteiger partial charge < -0.3 is 33.6 Å². The highest BCUT2D eigenvalue weighted by atomic mass is 31.3. The van der Waals surface area contributed by atoms with E-state index in [4.69, 9.17) is 4.74 Å². The van der Waals surface area contributed by atoms with Gasteiger partial charge in [0, 0.05) is 25.3 Å². The van der Waals surface area contributed by atoms with Crippen molar-refractivity contribution in [1.82, 2.24) is 9.55 Å². The normalized spacial score (nSPS) is 27.9. The standard InChI is InChI=1S/C11H19N2O14P3/c1-6-4-13(11(16)12-10(6)15)9-3-7(14)8(25-9)5-24-29(19,20)27-30(21,22)26-28(17,18)23-2/h4,7-9,14H,3,5H2,1-2H3,(H,17,18)(H,19,20)(H,21,22)(H,12,15,16)/p-3. The molecule has 172 valence electrons. The van der Waals surface area contributed by atoms with Crippen LogP contribution in [0.5, 0.6) is 0 Å². The van der Waals surface area contributed by atoms with Crippen LogP contribution in [0, 0.1) is 6.92 Å². The monoisotopic (exact) mass is 493 g/mol. The van der Waals surface area contributed by atoms with Gasteiger partial charge in [-0.05, 0) is 6.92 Å². The van der Waals surface area contributed by atoms with Crippen molar-refractivity contribution < 1.29 is 55.9 Å². The number of H-pyrrole nitrogens is 1. The minimum atomic E-state index is -5.94. The maximum atomic E-state index is 11.9. The fourth-order valence-electron chi connectivity index (χ4n) is 2.32. The first kappa shape index (κ1) is 25.3. The summed E-state index contributed by atoms with van der Waals surface area (Å²) in [7, 11) is -16.4. The fourth-order valence-corrected chi connectivity index (χ4v) is 5.45. The molecule has 6 unspecified atom stereocenters. The van der Waals surface area contributed by atoms with Crippen molar-refractivity contribution in [1.29, 1.82) is 0 Å². The van der Waals surface area contributed by atoms with Gasteiger partial charge in [0.1, 0.15) is 12.3 Å². The fraction of sp³-hybridized carbons (Fsp3) is 0.636. The Hall–Kier alpha value is -0.990. The van der Waals surface area contributed by atoms with Crippen LogP contribution in [-0.4, -0.2) is 40.6 Å². The van der Waals surface area contributed by atoms with Gasteiger partial charge in [0.05, 0.1) is 12.7 Å². The number of phosphoric ester groups is 2. The smallest absolute Gasteiger partial charge is 0.330 e. The number of aliphatic hydroxyl groups is 1. The van der Waals surface area contributed by atoms with E-state index in [0.29, 0.717) is 7.11 Å². The summed E-state index contributed by atoms with van der Waals surface area (Å²) in [4.78, 5) is 59.2. The number of aromatic nitrogens is 2. The third-order valence-electron chi connectivity index (χ3n) is 3.68. The Bertz CT molecular complexity index is 1030. The van der Waals surface area contributed by atoms with Crippen LogP contribution in [-0.2, 0) is 36.1 Å². The van der Waals surface area contributed by atoms with Crippen LogP contribution in [0.1, 0.15) is 18.2 Å². The summed E-state index contributed by atoms with van der Waals surface area (Å²) in [5, 5.41) is 9.99. The maximum absolute atomic E-state index is 11.9. The van der Waals surface area contributed by atoms with Crippen LogP contribution in [0.2, 0.25) is 0 Å². The Balaban J connectivity index is 2.02. The van der Waals surface area contributed by atoms with Gasteiger partial charge in [-0.3, -0.25) is 28.0 Å². The molecule has 1 aromatic heterocycles. The number of phosphoric acid groups is 3. The molecular formula is C11H16N2O14P3-3. The summed E-state index contributed by atoms with van der Waals surface area (Å²) in [5.74, 6) is 0. The quantitative estimate of drug-likeness (QED) is 0.341. The number of hydrogen-bond acceptors (Lipinski definition) is 14. The highest BCUT2D eigenvalue weighted by Gasteiger charge is 2.37. The number of nitrogens with zero attached hydrogens (tertiary/aromatic N) is 1. The molecule has 0 aliphatic carbocycles. The Kier molecular flexibility index (Phi) is 7.79. The molecule has 0 radical (unpaired) electrons. The average Bonchev–Trinajstić information content (AvgIpc) is 2.95. The second kappa shape index (κ2) is 9.25. The highest BCUT2D eigenvalue weighted by Crippen LogP contribution is 2.62. The van der Waals surface area contributed by atoms with E-state index < -0.39 is 59.8 Å². The number of aryl methyl sites for hydroxylation is 1. The maximum Gasteiger partial charge on any atom is 0.330 e. The van der Waals surface area contributed by atoms with Gasteiger partial charge in [-0.2, -0.15) is 0 Å². The van der Waals surface area contributed by atoms with Crippen molar-refractivity contribution in [3.8, 4) is 0 Å². The van der Waals surface area contributed by atoms with E-state index in [1.165, 1.54) is 13.1 Å². The Morgan fingerprint density at radius 1 is 1.20 bits per heavy atom. The molecule has 19 heteroatoms. The van der Waals surface area contributed by atoms with Gasteiger partial charge in [0.15, 0.2) is 0 Å². The molecule has 0 bridgehead atoms. The Labute approximate surface area is 167 Å². The number of hydrogen-bond donors (Lipinski definition) is 2. The molecule has 0 amide bonds. The highest BCUT2D eigenvalue weighted by molar-refractivity contribution is 7.65. The summed E-state index contributed by atoms with van der Waals surface area (Å²) in [6, 6.07) is 0. The molecule has 2 heterocycles.